The third kappa shape index (κ3) is 4.08. The molecule has 29 heavy (non-hydrogen) atoms. The molecule has 7 nitrogen and oxygen atoms in total. The van der Waals surface area contributed by atoms with Crippen molar-refractivity contribution < 1.29 is 4.79 Å². The Balaban J connectivity index is 1.43. The first-order chi connectivity index (χ1) is 14.2. The summed E-state index contributed by atoms with van der Waals surface area (Å²) < 4.78 is 1.91. The van der Waals surface area contributed by atoms with Crippen LogP contribution in [0.5, 0.6) is 0 Å². The van der Waals surface area contributed by atoms with Gasteiger partial charge in [0.1, 0.15) is 0 Å². The molecule has 0 bridgehead atoms. The van der Waals surface area contributed by atoms with Gasteiger partial charge in [0.25, 0.3) is 0 Å². The number of urea groups is 1. The zero-order valence-electron chi connectivity index (χ0n) is 16.9. The lowest BCUT2D eigenvalue weighted by Gasteiger charge is -2.35. The summed E-state index contributed by atoms with van der Waals surface area (Å²) in [5.74, 6) is 0. The van der Waals surface area contributed by atoms with Crippen molar-refractivity contribution in [2.75, 3.05) is 36.4 Å². The predicted molar refractivity (Wildman–Crippen MR) is 115 cm³/mol. The second-order valence-corrected chi connectivity index (χ2v) is 7.22. The summed E-state index contributed by atoms with van der Waals surface area (Å²) in [7, 11) is 0. The number of anilines is 2. The second kappa shape index (κ2) is 8.34. The molecular weight excluding hydrogens is 364 g/mol. The SMILES string of the molecule is CCc1c(NC(=O)N2CCN(c3ccncc3)CC2)cnn1-c1cccc(C)c1. The van der Waals surface area contributed by atoms with Crippen LogP contribution in [-0.4, -0.2) is 51.9 Å². The lowest BCUT2D eigenvalue weighted by Crippen LogP contribution is -2.50. The average molecular weight is 390 g/mol. The van der Waals surface area contributed by atoms with Gasteiger partial charge in [-0.2, -0.15) is 5.10 Å². The highest BCUT2D eigenvalue weighted by Gasteiger charge is 2.23. The minimum absolute atomic E-state index is 0.0714. The molecule has 2 amide bonds. The summed E-state index contributed by atoms with van der Waals surface area (Å²) in [5, 5.41) is 7.58. The van der Waals surface area contributed by atoms with E-state index in [4.69, 9.17) is 0 Å². The van der Waals surface area contributed by atoms with E-state index in [2.05, 4.69) is 46.3 Å². The van der Waals surface area contributed by atoms with Crippen molar-refractivity contribution >= 4 is 17.4 Å². The molecule has 1 fully saturated rings. The minimum atomic E-state index is -0.0714. The molecule has 0 aliphatic carbocycles. The highest BCUT2D eigenvalue weighted by Crippen LogP contribution is 2.22. The zero-order chi connectivity index (χ0) is 20.2. The number of carbonyl (C=O) groups is 1. The van der Waals surface area contributed by atoms with E-state index in [0.717, 1.165) is 42.3 Å². The molecule has 0 radical (unpaired) electrons. The molecule has 1 N–H and O–H groups in total. The van der Waals surface area contributed by atoms with Crippen LogP contribution in [0, 0.1) is 6.92 Å². The van der Waals surface area contributed by atoms with Crippen molar-refractivity contribution in [1.82, 2.24) is 19.7 Å². The molecule has 0 spiro atoms. The highest BCUT2D eigenvalue weighted by molar-refractivity contribution is 5.90. The number of hydrogen-bond donors (Lipinski definition) is 1. The highest BCUT2D eigenvalue weighted by atomic mass is 16.2. The molecule has 150 valence electrons. The van der Waals surface area contributed by atoms with Crippen LogP contribution in [0.1, 0.15) is 18.2 Å². The lowest BCUT2D eigenvalue weighted by atomic mass is 10.2. The van der Waals surface area contributed by atoms with Crippen molar-refractivity contribution in [1.29, 1.82) is 0 Å². The summed E-state index contributed by atoms with van der Waals surface area (Å²) in [6.07, 6.45) is 6.12. The predicted octanol–water partition coefficient (Wildman–Crippen LogP) is 3.49. The van der Waals surface area contributed by atoms with Crippen molar-refractivity contribution in [2.45, 2.75) is 20.3 Å². The Kier molecular flexibility index (Phi) is 5.46. The van der Waals surface area contributed by atoms with Crippen molar-refractivity contribution in [3.8, 4) is 5.69 Å². The van der Waals surface area contributed by atoms with Gasteiger partial charge in [-0.25, -0.2) is 9.48 Å². The summed E-state index contributed by atoms with van der Waals surface area (Å²) in [6.45, 7) is 7.11. The topological polar surface area (TPSA) is 66.3 Å². The van der Waals surface area contributed by atoms with Crippen molar-refractivity contribution in [3.05, 3.63) is 66.2 Å². The first-order valence-electron chi connectivity index (χ1n) is 10.0. The third-order valence-corrected chi connectivity index (χ3v) is 5.29. The fourth-order valence-corrected chi connectivity index (χ4v) is 3.72. The number of rotatable bonds is 4. The molecule has 7 heteroatoms. The minimum Gasteiger partial charge on any atom is -0.368 e. The van der Waals surface area contributed by atoms with Gasteiger partial charge in [-0.3, -0.25) is 4.98 Å². The van der Waals surface area contributed by atoms with Crippen LogP contribution in [0.15, 0.2) is 55.0 Å². The van der Waals surface area contributed by atoms with Crippen LogP contribution in [0.4, 0.5) is 16.2 Å². The monoisotopic (exact) mass is 390 g/mol. The maximum atomic E-state index is 12.8. The maximum Gasteiger partial charge on any atom is 0.322 e. The molecule has 0 atom stereocenters. The van der Waals surface area contributed by atoms with Crippen molar-refractivity contribution in [2.24, 2.45) is 0 Å². The molecular formula is C22H26N6O. The maximum absolute atomic E-state index is 12.8. The molecule has 2 aromatic heterocycles. The Morgan fingerprint density at radius 2 is 1.83 bits per heavy atom. The van der Waals surface area contributed by atoms with E-state index in [9.17, 15) is 4.79 Å². The van der Waals surface area contributed by atoms with Crippen LogP contribution in [0.2, 0.25) is 0 Å². The van der Waals surface area contributed by atoms with E-state index in [-0.39, 0.29) is 6.03 Å². The van der Waals surface area contributed by atoms with Crippen LogP contribution in [0.3, 0.4) is 0 Å². The van der Waals surface area contributed by atoms with E-state index in [1.807, 2.05) is 33.8 Å². The number of carbonyl (C=O) groups excluding carboxylic acids is 1. The molecule has 0 unspecified atom stereocenters. The van der Waals surface area contributed by atoms with Gasteiger partial charge < -0.3 is 15.1 Å². The molecule has 4 rings (SSSR count). The Labute approximate surface area is 171 Å². The number of aryl methyl sites for hydroxylation is 1. The molecule has 1 saturated heterocycles. The normalized spacial score (nSPS) is 14.1. The van der Waals surface area contributed by atoms with Crippen LogP contribution in [0.25, 0.3) is 5.69 Å². The zero-order valence-corrected chi connectivity index (χ0v) is 16.9. The number of hydrogen-bond acceptors (Lipinski definition) is 4. The van der Waals surface area contributed by atoms with Gasteiger partial charge >= 0.3 is 6.03 Å². The van der Waals surface area contributed by atoms with Gasteiger partial charge in [0, 0.05) is 44.3 Å². The number of pyridine rings is 1. The van der Waals surface area contributed by atoms with Gasteiger partial charge in [-0.15, -0.1) is 0 Å². The Morgan fingerprint density at radius 3 is 2.52 bits per heavy atom. The van der Waals surface area contributed by atoms with Gasteiger partial charge in [0.15, 0.2) is 0 Å². The smallest absolute Gasteiger partial charge is 0.322 e. The Bertz CT molecular complexity index is 976. The molecule has 1 aromatic carbocycles. The fraction of sp³-hybridized carbons (Fsp3) is 0.318. The summed E-state index contributed by atoms with van der Waals surface area (Å²) >= 11 is 0. The van der Waals surface area contributed by atoms with Crippen LogP contribution < -0.4 is 10.2 Å². The third-order valence-electron chi connectivity index (χ3n) is 5.29. The largest absolute Gasteiger partial charge is 0.368 e. The van der Waals surface area contributed by atoms with E-state index >= 15 is 0 Å². The standard InChI is InChI=1S/C22H26N6O/c1-3-21-20(16-24-28(21)19-6-4-5-17(2)15-19)25-22(29)27-13-11-26(12-14-27)18-7-9-23-10-8-18/h4-10,15-16H,3,11-14H2,1-2H3,(H,25,29). The van der Waals surface area contributed by atoms with E-state index in [1.54, 1.807) is 18.6 Å². The number of aromatic nitrogens is 3. The van der Waals surface area contributed by atoms with Gasteiger partial charge in [0.2, 0.25) is 0 Å². The Morgan fingerprint density at radius 1 is 1.07 bits per heavy atom. The van der Waals surface area contributed by atoms with Gasteiger partial charge in [-0.05, 0) is 43.2 Å². The number of piperazine rings is 1. The molecule has 1 aliphatic heterocycles. The van der Waals surface area contributed by atoms with E-state index in [1.165, 1.54) is 5.56 Å². The number of nitrogens with zero attached hydrogens (tertiary/aromatic N) is 5. The first kappa shape index (κ1) is 19.0. The Hall–Kier alpha value is -3.35. The lowest BCUT2D eigenvalue weighted by molar-refractivity contribution is 0.208. The summed E-state index contributed by atoms with van der Waals surface area (Å²) in [5.41, 5.74) is 5.11. The number of benzene rings is 1. The molecule has 3 heterocycles. The van der Waals surface area contributed by atoms with Crippen LogP contribution in [-0.2, 0) is 6.42 Å². The second-order valence-electron chi connectivity index (χ2n) is 7.22. The quantitative estimate of drug-likeness (QED) is 0.741. The average Bonchev–Trinajstić information content (AvgIpc) is 3.17. The molecule has 0 saturated carbocycles. The number of nitrogens with one attached hydrogen (secondary N) is 1. The van der Waals surface area contributed by atoms with E-state index in [0.29, 0.717) is 13.1 Å². The van der Waals surface area contributed by atoms with E-state index < -0.39 is 0 Å². The summed E-state index contributed by atoms with van der Waals surface area (Å²) in [6, 6.07) is 12.1. The fourth-order valence-electron chi connectivity index (χ4n) is 3.72. The summed E-state index contributed by atoms with van der Waals surface area (Å²) in [4.78, 5) is 21.0. The molecule has 1 aliphatic rings. The van der Waals surface area contributed by atoms with Gasteiger partial charge in [0.05, 0.1) is 23.3 Å². The van der Waals surface area contributed by atoms with Gasteiger partial charge in [-0.1, -0.05) is 19.1 Å². The molecule has 3 aromatic rings. The van der Waals surface area contributed by atoms with Crippen molar-refractivity contribution in [3.63, 3.8) is 0 Å². The first-order valence-corrected chi connectivity index (χ1v) is 10.0. The van der Waals surface area contributed by atoms with Crippen LogP contribution >= 0.6 is 0 Å². The number of amides is 2.